The molecule has 0 saturated heterocycles. The number of carbonyl (C=O) groups excluding carboxylic acids is 1. The van der Waals surface area contributed by atoms with E-state index >= 15 is 0 Å². The minimum atomic E-state index is -0.168. The lowest BCUT2D eigenvalue weighted by Crippen LogP contribution is -2.34. The van der Waals surface area contributed by atoms with Crippen LogP contribution >= 0.6 is 0 Å². The molecule has 2 aromatic heterocycles. The van der Waals surface area contributed by atoms with Gasteiger partial charge in [0.15, 0.2) is 0 Å². The second-order valence-corrected chi connectivity index (χ2v) is 4.17. The summed E-state index contributed by atoms with van der Waals surface area (Å²) in [5.41, 5.74) is 2.81. The Labute approximate surface area is 111 Å². The molecule has 0 radical (unpaired) electrons. The fourth-order valence-electron chi connectivity index (χ4n) is 1.66. The van der Waals surface area contributed by atoms with E-state index in [2.05, 4.69) is 20.7 Å². The largest absolute Gasteiger partial charge is 0.338 e. The highest BCUT2D eigenvalue weighted by Crippen LogP contribution is 2.15. The monoisotopic (exact) mass is 259 g/mol. The first-order valence-corrected chi connectivity index (χ1v) is 6.14. The van der Waals surface area contributed by atoms with Crippen molar-refractivity contribution in [2.24, 2.45) is 7.05 Å². The van der Waals surface area contributed by atoms with Crippen LogP contribution in [0.1, 0.15) is 12.5 Å². The molecule has 0 fully saturated rings. The lowest BCUT2D eigenvalue weighted by Gasteiger charge is -2.06. The number of urea groups is 1. The minimum Gasteiger partial charge on any atom is -0.338 e. The van der Waals surface area contributed by atoms with Gasteiger partial charge in [0.1, 0.15) is 0 Å². The second kappa shape index (κ2) is 5.99. The molecular formula is C13H17N5O. The molecule has 0 aliphatic carbocycles. The van der Waals surface area contributed by atoms with E-state index < -0.39 is 0 Å². The highest BCUT2D eigenvalue weighted by atomic mass is 16.2. The average Bonchev–Trinajstić information content (AvgIpc) is 2.84. The second-order valence-electron chi connectivity index (χ2n) is 4.17. The van der Waals surface area contributed by atoms with Crippen LogP contribution < -0.4 is 10.6 Å². The maximum absolute atomic E-state index is 11.3. The molecule has 100 valence electrons. The Morgan fingerprint density at radius 2 is 2.16 bits per heavy atom. The van der Waals surface area contributed by atoms with Crippen molar-refractivity contribution in [2.75, 3.05) is 6.54 Å². The minimum absolute atomic E-state index is 0.168. The lowest BCUT2D eigenvalue weighted by molar-refractivity contribution is 0.241. The standard InChI is InChI=1S/C13H17N5O/c1-3-14-13(19)16-7-10-4-5-12(15-6-10)11-8-17-18(2)9-11/h4-6,8-9H,3,7H2,1-2H3,(H2,14,16,19). The molecule has 6 heteroatoms. The molecule has 0 atom stereocenters. The predicted octanol–water partition coefficient (Wildman–Crippen LogP) is 1.30. The molecule has 0 aromatic carbocycles. The number of rotatable bonds is 4. The molecule has 0 aliphatic heterocycles. The fraction of sp³-hybridized carbons (Fsp3) is 0.308. The zero-order chi connectivity index (χ0) is 13.7. The fourth-order valence-corrected chi connectivity index (χ4v) is 1.66. The summed E-state index contributed by atoms with van der Waals surface area (Å²) in [5, 5.41) is 9.54. The van der Waals surface area contributed by atoms with Gasteiger partial charge in [0.25, 0.3) is 0 Å². The molecular weight excluding hydrogens is 242 g/mol. The molecule has 2 heterocycles. The van der Waals surface area contributed by atoms with Crippen molar-refractivity contribution in [2.45, 2.75) is 13.5 Å². The number of carbonyl (C=O) groups is 1. The summed E-state index contributed by atoms with van der Waals surface area (Å²) in [6, 6.07) is 3.70. The highest BCUT2D eigenvalue weighted by Gasteiger charge is 2.03. The van der Waals surface area contributed by atoms with Gasteiger partial charge in [0.05, 0.1) is 11.9 Å². The normalized spacial score (nSPS) is 10.2. The Morgan fingerprint density at radius 3 is 2.74 bits per heavy atom. The summed E-state index contributed by atoms with van der Waals surface area (Å²) in [6.45, 7) is 2.96. The van der Waals surface area contributed by atoms with Crippen molar-refractivity contribution in [1.82, 2.24) is 25.4 Å². The number of hydrogen-bond acceptors (Lipinski definition) is 3. The number of aromatic nitrogens is 3. The van der Waals surface area contributed by atoms with Crippen LogP contribution in [0, 0.1) is 0 Å². The lowest BCUT2D eigenvalue weighted by atomic mass is 10.2. The summed E-state index contributed by atoms with van der Waals surface area (Å²) in [4.78, 5) is 15.6. The Kier molecular flexibility index (Phi) is 4.12. The zero-order valence-electron chi connectivity index (χ0n) is 11.1. The maximum atomic E-state index is 11.3. The van der Waals surface area contributed by atoms with Crippen LogP contribution in [0.3, 0.4) is 0 Å². The van der Waals surface area contributed by atoms with E-state index in [0.717, 1.165) is 16.8 Å². The number of hydrogen-bond donors (Lipinski definition) is 2. The first-order chi connectivity index (χ1) is 9.19. The van der Waals surface area contributed by atoms with Crippen LogP contribution in [-0.4, -0.2) is 27.3 Å². The number of pyridine rings is 1. The average molecular weight is 259 g/mol. The van der Waals surface area contributed by atoms with Gasteiger partial charge in [-0.2, -0.15) is 5.10 Å². The van der Waals surface area contributed by atoms with Crippen LogP contribution in [0.25, 0.3) is 11.3 Å². The molecule has 2 aromatic rings. The number of nitrogens with zero attached hydrogens (tertiary/aromatic N) is 3. The molecule has 19 heavy (non-hydrogen) atoms. The van der Waals surface area contributed by atoms with Gasteiger partial charge in [-0.25, -0.2) is 4.79 Å². The Hall–Kier alpha value is -2.37. The molecule has 0 spiro atoms. The van der Waals surface area contributed by atoms with Crippen LogP contribution in [0.15, 0.2) is 30.7 Å². The van der Waals surface area contributed by atoms with Crippen LogP contribution in [0.2, 0.25) is 0 Å². The van der Waals surface area contributed by atoms with Gasteiger partial charge in [0, 0.05) is 38.1 Å². The Morgan fingerprint density at radius 1 is 1.32 bits per heavy atom. The van der Waals surface area contributed by atoms with E-state index in [1.807, 2.05) is 32.3 Å². The topological polar surface area (TPSA) is 71.8 Å². The Balaban J connectivity index is 1.97. The third kappa shape index (κ3) is 3.54. The summed E-state index contributed by atoms with van der Waals surface area (Å²) < 4.78 is 1.74. The van der Waals surface area contributed by atoms with Crippen LogP contribution in [0.5, 0.6) is 0 Å². The van der Waals surface area contributed by atoms with Crippen LogP contribution in [0.4, 0.5) is 4.79 Å². The van der Waals surface area contributed by atoms with E-state index in [-0.39, 0.29) is 6.03 Å². The SMILES string of the molecule is CCNC(=O)NCc1ccc(-c2cnn(C)c2)nc1. The van der Waals surface area contributed by atoms with Gasteiger partial charge in [-0.15, -0.1) is 0 Å². The molecule has 0 aliphatic rings. The summed E-state index contributed by atoms with van der Waals surface area (Å²) in [6.07, 6.45) is 5.44. The van der Waals surface area contributed by atoms with E-state index in [1.165, 1.54) is 0 Å². The van der Waals surface area contributed by atoms with Crippen LogP contribution in [-0.2, 0) is 13.6 Å². The molecule has 2 N–H and O–H groups in total. The predicted molar refractivity (Wildman–Crippen MR) is 72.4 cm³/mol. The van der Waals surface area contributed by atoms with Gasteiger partial charge in [-0.05, 0) is 18.6 Å². The summed E-state index contributed by atoms with van der Waals surface area (Å²) in [5.74, 6) is 0. The number of aryl methyl sites for hydroxylation is 1. The smallest absolute Gasteiger partial charge is 0.315 e. The summed E-state index contributed by atoms with van der Waals surface area (Å²) in [7, 11) is 1.87. The van der Waals surface area contributed by atoms with Gasteiger partial charge in [0.2, 0.25) is 0 Å². The van der Waals surface area contributed by atoms with Crippen molar-refractivity contribution in [3.05, 3.63) is 36.3 Å². The molecule has 0 unspecified atom stereocenters. The third-order valence-electron chi connectivity index (χ3n) is 2.62. The van der Waals surface area contributed by atoms with Gasteiger partial charge >= 0.3 is 6.03 Å². The number of amides is 2. The van der Waals surface area contributed by atoms with Crippen molar-refractivity contribution in [3.63, 3.8) is 0 Å². The van der Waals surface area contributed by atoms with Crippen molar-refractivity contribution in [1.29, 1.82) is 0 Å². The van der Waals surface area contributed by atoms with E-state index in [9.17, 15) is 4.79 Å². The molecule has 0 saturated carbocycles. The van der Waals surface area contributed by atoms with Crippen molar-refractivity contribution >= 4 is 6.03 Å². The zero-order valence-corrected chi connectivity index (χ0v) is 11.1. The molecule has 2 rings (SSSR count). The van der Waals surface area contributed by atoms with Crippen molar-refractivity contribution in [3.8, 4) is 11.3 Å². The van der Waals surface area contributed by atoms with Gasteiger partial charge in [-0.1, -0.05) is 6.07 Å². The van der Waals surface area contributed by atoms with E-state index in [4.69, 9.17) is 0 Å². The van der Waals surface area contributed by atoms with Gasteiger partial charge in [-0.3, -0.25) is 9.67 Å². The Bertz CT molecular complexity index is 546. The van der Waals surface area contributed by atoms with E-state index in [1.54, 1.807) is 17.1 Å². The third-order valence-corrected chi connectivity index (χ3v) is 2.62. The molecule has 0 bridgehead atoms. The van der Waals surface area contributed by atoms with Crippen molar-refractivity contribution < 1.29 is 4.79 Å². The van der Waals surface area contributed by atoms with Gasteiger partial charge < -0.3 is 10.6 Å². The molecule has 2 amide bonds. The molecule has 6 nitrogen and oxygen atoms in total. The van der Waals surface area contributed by atoms with E-state index in [0.29, 0.717) is 13.1 Å². The first-order valence-electron chi connectivity index (χ1n) is 6.14. The maximum Gasteiger partial charge on any atom is 0.315 e. The quantitative estimate of drug-likeness (QED) is 0.869. The number of nitrogens with one attached hydrogen (secondary N) is 2. The first kappa shape index (κ1) is 13.1. The highest BCUT2D eigenvalue weighted by molar-refractivity contribution is 5.73. The summed E-state index contributed by atoms with van der Waals surface area (Å²) >= 11 is 0.